The number of aryl methyl sites for hydroxylation is 1. The number of rotatable bonds is 4. The van der Waals surface area contributed by atoms with Crippen molar-refractivity contribution in [3.05, 3.63) is 75.3 Å². The van der Waals surface area contributed by atoms with Gasteiger partial charge in [0.05, 0.1) is 4.92 Å². The first kappa shape index (κ1) is 13.0. The zero-order chi connectivity index (χ0) is 13.8. The van der Waals surface area contributed by atoms with E-state index in [1.807, 2.05) is 19.1 Å². The molecule has 0 aliphatic heterocycles. The lowest BCUT2D eigenvalue weighted by Crippen LogP contribution is -2.02. The van der Waals surface area contributed by atoms with E-state index in [0.29, 0.717) is 11.1 Å². The largest absolute Gasteiger partial charge is 0.289 e. The van der Waals surface area contributed by atoms with E-state index in [9.17, 15) is 14.9 Å². The molecule has 0 bridgehead atoms. The average molecular weight is 255 g/mol. The normalized spacial score (nSPS) is 10.2. The minimum absolute atomic E-state index is 0.0731. The first-order valence-corrected chi connectivity index (χ1v) is 6.00. The first-order valence-electron chi connectivity index (χ1n) is 6.00. The molecule has 0 saturated carbocycles. The maximum absolute atomic E-state index is 12.2. The highest BCUT2D eigenvalue weighted by molar-refractivity contribution is 6.09. The molecule has 2 aromatic rings. The second kappa shape index (κ2) is 5.44. The number of hydrogen-bond donors (Lipinski definition) is 0. The molecule has 4 heteroatoms. The molecule has 0 aliphatic carbocycles. The van der Waals surface area contributed by atoms with E-state index in [2.05, 4.69) is 0 Å². The summed E-state index contributed by atoms with van der Waals surface area (Å²) in [5.41, 5.74) is 1.95. The predicted molar refractivity (Wildman–Crippen MR) is 72.3 cm³/mol. The third kappa shape index (κ3) is 2.85. The van der Waals surface area contributed by atoms with E-state index in [0.717, 1.165) is 12.0 Å². The number of ketones is 1. The summed E-state index contributed by atoms with van der Waals surface area (Å²) in [6.45, 7) is 2.04. The molecule has 0 atom stereocenters. The highest BCUT2D eigenvalue weighted by Gasteiger charge is 2.13. The van der Waals surface area contributed by atoms with Crippen molar-refractivity contribution < 1.29 is 9.72 Å². The third-order valence-electron chi connectivity index (χ3n) is 2.94. The van der Waals surface area contributed by atoms with Gasteiger partial charge in [-0.05, 0) is 12.0 Å². The molecule has 19 heavy (non-hydrogen) atoms. The molecule has 0 aliphatic rings. The van der Waals surface area contributed by atoms with Gasteiger partial charge in [-0.2, -0.15) is 0 Å². The molecule has 0 unspecified atom stereocenters. The van der Waals surface area contributed by atoms with Crippen LogP contribution in [0.1, 0.15) is 28.4 Å². The van der Waals surface area contributed by atoms with Crippen molar-refractivity contribution in [2.45, 2.75) is 13.3 Å². The van der Waals surface area contributed by atoms with Crippen molar-refractivity contribution in [1.29, 1.82) is 0 Å². The number of benzene rings is 2. The van der Waals surface area contributed by atoms with Crippen molar-refractivity contribution in [2.75, 3.05) is 0 Å². The molecule has 0 fully saturated rings. The summed E-state index contributed by atoms with van der Waals surface area (Å²) in [5, 5.41) is 10.7. The molecular weight excluding hydrogens is 242 g/mol. The Balaban J connectivity index is 2.32. The molecule has 0 radical (unpaired) electrons. The average Bonchev–Trinajstić information content (AvgIpc) is 2.46. The number of nitrogens with zero attached hydrogens (tertiary/aromatic N) is 1. The van der Waals surface area contributed by atoms with Gasteiger partial charge in [-0.15, -0.1) is 0 Å². The van der Waals surface area contributed by atoms with Gasteiger partial charge in [0.15, 0.2) is 5.78 Å². The fourth-order valence-electron chi connectivity index (χ4n) is 1.82. The Labute approximate surface area is 110 Å². The van der Waals surface area contributed by atoms with Crippen LogP contribution in [0, 0.1) is 10.1 Å². The summed E-state index contributed by atoms with van der Waals surface area (Å²) in [6, 6.07) is 13.1. The fraction of sp³-hybridized carbons (Fsp3) is 0.133. The van der Waals surface area contributed by atoms with Gasteiger partial charge in [0.1, 0.15) is 0 Å². The standard InChI is InChI=1S/C15H13NO3/c1-2-11-6-8-12(9-7-11)15(17)13-4-3-5-14(10-13)16(18)19/h3-10H,2H2,1H3. The van der Waals surface area contributed by atoms with Crippen molar-refractivity contribution in [3.63, 3.8) is 0 Å². The van der Waals surface area contributed by atoms with Crippen molar-refractivity contribution in [2.24, 2.45) is 0 Å². The molecular formula is C15H13NO3. The Morgan fingerprint density at radius 2 is 1.79 bits per heavy atom. The Kier molecular flexibility index (Phi) is 3.71. The second-order valence-electron chi connectivity index (χ2n) is 4.19. The van der Waals surface area contributed by atoms with Gasteiger partial charge in [-0.25, -0.2) is 0 Å². The molecule has 0 amide bonds. The Bertz CT molecular complexity index is 618. The first-order chi connectivity index (χ1) is 9.11. The summed E-state index contributed by atoms with van der Waals surface area (Å²) in [6.07, 6.45) is 0.908. The van der Waals surface area contributed by atoms with Crippen molar-refractivity contribution in [3.8, 4) is 0 Å². The van der Waals surface area contributed by atoms with Gasteiger partial charge < -0.3 is 0 Å². The molecule has 0 heterocycles. The molecule has 0 aromatic heterocycles. The highest BCUT2D eigenvalue weighted by Crippen LogP contribution is 2.17. The zero-order valence-corrected chi connectivity index (χ0v) is 10.5. The second-order valence-corrected chi connectivity index (χ2v) is 4.19. The van der Waals surface area contributed by atoms with Gasteiger partial charge in [-0.3, -0.25) is 14.9 Å². The van der Waals surface area contributed by atoms with Crippen molar-refractivity contribution in [1.82, 2.24) is 0 Å². The summed E-state index contributed by atoms with van der Waals surface area (Å²) in [4.78, 5) is 22.4. The minimum atomic E-state index is -0.503. The maximum Gasteiger partial charge on any atom is 0.270 e. The van der Waals surface area contributed by atoms with E-state index >= 15 is 0 Å². The predicted octanol–water partition coefficient (Wildman–Crippen LogP) is 3.39. The van der Waals surface area contributed by atoms with Crippen LogP contribution < -0.4 is 0 Å². The van der Waals surface area contributed by atoms with Crippen LogP contribution >= 0.6 is 0 Å². The van der Waals surface area contributed by atoms with E-state index in [1.54, 1.807) is 18.2 Å². The third-order valence-corrected chi connectivity index (χ3v) is 2.94. The van der Waals surface area contributed by atoms with Gasteiger partial charge in [0.2, 0.25) is 0 Å². The number of hydrogen-bond acceptors (Lipinski definition) is 3. The molecule has 0 spiro atoms. The molecule has 2 rings (SSSR count). The highest BCUT2D eigenvalue weighted by atomic mass is 16.6. The SMILES string of the molecule is CCc1ccc(C(=O)c2cccc([N+](=O)[O-])c2)cc1. The van der Waals surface area contributed by atoms with Crippen LogP contribution in [0.2, 0.25) is 0 Å². The summed E-state index contributed by atoms with van der Waals surface area (Å²) in [7, 11) is 0. The summed E-state index contributed by atoms with van der Waals surface area (Å²) in [5.74, 6) is -0.202. The number of non-ortho nitro benzene ring substituents is 1. The van der Waals surface area contributed by atoms with Crippen molar-refractivity contribution >= 4 is 11.5 Å². The summed E-state index contributed by atoms with van der Waals surface area (Å²) >= 11 is 0. The molecule has 0 saturated heterocycles. The lowest BCUT2D eigenvalue weighted by Gasteiger charge is -2.02. The lowest BCUT2D eigenvalue weighted by atomic mass is 10.0. The molecule has 4 nitrogen and oxygen atoms in total. The Morgan fingerprint density at radius 1 is 1.11 bits per heavy atom. The number of nitro groups is 1. The van der Waals surface area contributed by atoms with Crippen LogP contribution in [0.25, 0.3) is 0 Å². The van der Waals surface area contributed by atoms with Crippen LogP contribution in [0.3, 0.4) is 0 Å². The van der Waals surface area contributed by atoms with E-state index in [-0.39, 0.29) is 11.5 Å². The van der Waals surface area contributed by atoms with E-state index < -0.39 is 4.92 Å². The van der Waals surface area contributed by atoms with E-state index in [1.165, 1.54) is 18.2 Å². The summed E-state index contributed by atoms with van der Waals surface area (Å²) < 4.78 is 0. The van der Waals surface area contributed by atoms with Crippen LogP contribution in [0.15, 0.2) is 48.5 Å². The van der Waals surface area contributed by atoms with Gasteiger partial charge in [0.25, 0.3) is 5.69 Å². The Hall–Kier alpha value is -2.49. The molecule has 96 valence electrons. The number of carbonyl (C=O) groups excluding carboxylic acids is 1. The van der Waals surface area contributed by atoms with E-state index in [4.69, 9.17) is 0 Å². The van der Waals surface area contributed by atoms with Crippen LogP contribution in [-0.2, 0) is 6.42 Å². The lowest BCUT2D eigenvalue weighted by molar-refractivity contribution is -0.384. The zero-order valence-electron chi connectivity index (χ0n) is 10.5. The van der Waals surface area contributed by atoms with Gasteiger partial charge in [0, 0.05) is 23.3 Å². The fourth-order valence-corrected chi connectivity index (χ4v) is 1.82. The molecule has 2 aromatic carbocycles. The number of carbonyl (C=O) groups is 1. The molecule has 0 N–H and O–H groups in total. The quantitative estimate of drug-likeness (QED) is 0.478. The monoisotopic (exact) mass is 255 g/mol. The topological polar surface area (TPSA) is 60.2 Å². The smallest absolute Gasteiger partial charge is 0.270 e. The maximum atomic E-state index is 12.2. The van der Waals surface area contributed by atoms with Crippen LogP contribution in [0.5, 0.6) is 0 Å². The van der Waals surface area contributed by atoms with Gasteiger partial charge in [-0.1, -0.05) is 43.3 Å². The minimum Gasteiger partial charge on any atom is -0.289 e. The van der Waals surface area contributed by atoms with Crippen LogP contribution in [0.4, 0.5) is 5.69 Å². The Morgan fingerprint density at radius 3 is 2.37 bits per heavy atom. The van der Waals surface area contributed by atoms with Crippen LogP contribution in [-0.4, -0.2) is 10.7 Å². The van der Waals surface area contributed by atoms with Gasteiger partial charge >= 0.3 is 0 Å². The number of nitro benzene ring substituents is 1.